The number of nitrogens with zero attached hydrogens (tertiary/aromatic N) is 2. The molecule has 5 heteroatoms. The van der Waals surface area contributed by atoms with Gasteiger partial charge in [0.25, 0.3) is 0 Å². The number of hydrogen-bond donors (Lipinski definition) is 1. The number of aliphatic carboxylic acids is 1. The van der Waals surface area contributed by atoms with Gasteiger partial charge in [0.15, 0.2) is 0 Å². The van der Waals surface area contributed by atoms with Crippen molar-refractivity contribution in [2.45, 2.75) is 13.3 Å². The summed E-state index contributed by atoms with van der Waals surface area (Å²) in [4.78, 5) is 17.1. The number of benzene rings is 1. The fourth-order valence-corrected chi connectivity index (χ4v) is 2.33. The minimum absolute atomic E-state index is 0.101. The normalized spacial score (nSPS) is 10.6. The molecule has 2 aromatic rings. The van der Waals surface area contributed by atoms with Crippen molar-refractivity contribution in [3.63, 3.8) is 0 Å². The summed E-state index contributed by atoms with van der Waals surface area (Å²) in [6.07, 6.45) is 1.89. The smallest absolute Gasteiger partial charge is 0.305 e. The lowest BCUT2D eigenvalue weighted by Crippen LogP contribution is -2.22. The molecule has 0 unspecified atom stereocenters. The average Bonchev–Trinajstić information content (AvgIpc) is 2.43. The number of fused-ring (bicyclic) bond motifs is 1. The maximum absolute atomic E-state index is 10.7. The van der Waals surface area contributed by atoms with Crippen LogP contribution in [0.5, 0.6) is 5.75 Å². The molecule has 0 saturated carbocycles. The summed E-state index contributed by atoms with van der Waals surface area (Å²) >= 11 is 0. The van der Waals surface area contributed by atoms with E-state index in [-0.39, 0.29) is 6.42 Å². The van der Waals surface area contributed by atoms with Crippen LogP contribution in [0.15, 0.2) is 24.4 Å². The van der Waals surface area contributed by atoms with E-state index in [1.165, 1.54) is 0 Å². The number of carboxylic acids is 1. The number of ether oxygens (including phenoxy) is 1. The molecule has 5 nitrogen and oxygen atoms in total. The molecule has 1 N–H and O–H groups in total. The topological polar surface area (TPSA) is 62.7 Å². The number of rotatable bonds is 5. The zero-order valence-electron chi connectivity index (χ0n) is 11.9. The van der Waals surface area contributed by atoms with Crippen LogP contribution >= 0.6 is 0 Å². The van der Waals surface area contributed by atoms with Gasteiger partial charge in [-0.3, -0.25) is 9.78 Å². The second kappa shape index (κ2) is 5.77. The van der Waals surface area contributed by atoms with Gasteiger partial charge in [-0.1, -0.05) is 12.1 Å². The summed E-state index contributed by atoms with van der Waals surface area (Å²) in [5.74, 6) is -0.0826. The molecule has 0 fully saturated rings. The monoisotopic (exact) mass is 274 g/mol. The van der Waals surface area contributed by atoms with Crippen molar-refractivity contribution < 1.29 is 14.6 Å². The first kappa shape index (κ1) is 14.1. The van der Waals surface area contributed by atoms with E-state index in [0.717, 1.165) is 27.9 Å². The van der Waals surface area contributed by atoms with Gasteiger partial charge >= 0.3 is 5.97 Å². The molecule has 20 heavy (non-hydrogen) atoms. The highest BCUT2D eigenvalue weighted by Gasteiger charge is 2.13. The number of anilines is 1. The predicted octanol–water partition coefficient (Wildman–Crippen LogP) is 2.46. The Bertz CT molecular complexity index is 640. The Kier molecular flexibility index (Phi) is 4.08. The van der Waals surface area contributed by atoms with E-state index in [0.29, 0.717) is 6.54 Å². The van der Waals surface area contributed by atoms with Gasteiger partial charge in [0, 0.05) is 25.2 Å². The Morgan fingerprint density at radius 3 is 2.85 bits per heavy atom. The van der Waals surface area contributed by atoms with Crippen LogP contribution < -0.4 is 9.64 Å². The third-order valence-corrected chi connectivity index (χ3v) is 3.28. The number of hydrogen-bond acceptors (Lipinski definition) is 4. The number of carboxylic acid groups (broad SMARTS) is 1. The SMILES string of the molecule is COc1cccc2c(N(C)CCC(=O)O)c(C)cnc12. The Morgan fingerprint density at radius 2 is 2.20 bits per heavy atom. The largest absolute Gasteiger partial charge is 0.494 e. The predicted molar refractivity (Wildman–Crippen MR) is 78.6 cm³/mol. The third-order valence-electron chi connectivity index (χ3n) is 3.28. The van der Waals surface area contributed by atoms with Gasteiger partial charge in [0.1, 0.15) is 11.3 Å². The van der Waals surface area contributed by atoms with E-state index < -0.39 is 5.97 Å². The lowest BCUT2D eigenvalue weighted by Gasteiger charge is -2.22. The molecule has 0 aliphatic rings. The van der Waals surface area contributed by atoms with Crippen molar-refractivity contribution in [1.29, 1.82) is 0 Å². The number of pyridine rings is 1. The lowest BCUT2D eigenvalue weighted by atomic mass is 10.1. The molecule has 0 saturated heterocycles. The molecule has 1 aromatic carbocycles. The summed E-state index contributed by atoms with van der Waals surface area (Å²) in [5, 5.41) is 9.78. The van der Waals surface area contributed by atoms with Crippen LogP contribution in [0.1, 0.15) is 12.0 Å². The van der Waals surface area contributed by atoms with E-state index in [1.807, 2.05) is 37.1 Å². The molecule has 1 aromatic heterocycles. The molecule has 0 amide bonds. The summed E-state index contributed by atoms with van der Waals surface area (Å²) in [6.45, 7) is 2.42. The van der Waals surface area contributed by atoms with E-state index in [9.17, 15) is 4.79 Å². The van der Waals surface area contributed by atoms with Crippen LogP contribution in [0.2, 0.25) is 0 Å². The Labute approximate surface area is 117 Å². The van der Waals surface area contributed by atoms with Crippen molar-refractivity contribution in [3.05, 3.63) is 30.0 Å². The van der Waals surface area contributed by atoms with Crippen molar-refractivity contribution in [1.82, 2.24) is 4.98 Å². The van der Waals surface area contributed by atoms with Crippen LogP contribution in [0, 0.1) is 6.92 Å². The van der Waals surface area contributed by atoms with Gasteiger partial charge in [-0.25, -0.2) is 0 Å². The fourth-order valence-electron chi connectivity index (χ4n) is 2.33. The van der Waals surface area contributed by atoms with E-state index in [4.69, 9.17) is 9.84 Å². The van der Waals surface area contributed by atoms with E-state index >= 15 is 0 Å². The standard InChI is InChI=1S/C15H18N2O3/c1-10-9-16-14-11(5-4-6-12(14)20-3)15(10)17(2)8-7-13(18)19/h4-6,9H,7-8H2,1-3H3,(H,18,19). The summed E-state index contributed by atoms with van der Waals surface area (Å²) in [5.41, 5.74) is 2.80. The first-order valence-corrected chi connectivity index (χ1v) is 6.40. The second-order valence-corrected chi connectivity index (χ2v) is 4.71. The molecule has 0 atom stereocenters. The van der Waals surface area contributed by atoms with Gasteiger partial charge in [-0.2, -0.15) is 0 Å². The molecule has 0 spiro atoms. The zero-order valence-corrected chi connectivity index (χ0v) is 11.9. The lowest BCUT2D eigenvalue weighted by molar-refractivity contribution is -0.136. The highest BCUT2D eigenvalue weighted by molar-refractivity contribution is 5.96. The van der Waals surface area contributed by atoms with Crippen molar-refractivity contribution in [3.8, 4) is 5.75 Å². The van der Waals surface area contributed by atoms with Crippen LogP contribution in [-0.2, 0) is 4.79 Å². The van der Waals surface area contributed by atoms with E-state index in [2.05, 4.69) is 4.98 Å². The fraction of sp³-hybridized carbons (Fsp3) is 0.333. The van der Waals surface area contributed by atoms with Crippen molar-refractivity contribution in [2.75, 3.05) is 25.6 Å². The summed E-state index contributed by atoms with van der Waals surface area (Å²) in [6, 6.07) is 5.76. The molecular formula is C15H18N2O3. The highest BCUT2D eigenvalue weighted by Crippen LogP contribution is 2.33. The molecule has 0 aliphatic carbocycles. The number of para-hydroxylation sites is 1. The molecule has 106 valence electrons. The number of aryl methyl sites for hydroxylation is 1. The molecular weight excluding hydrogens is 256 g/mol. The maximum Gasteiger partial charge on any atom is 0.305 e. The number of carbonyl (C=O) groups is 1. The van der Waals surface area contributed by atoms with Crippen molar-refractivity contribution >= 4 is 22.6 Å². The van der Waals surface area contributed by atoms with Crippen LogP contribution in [0.4, 0.5) is 5.69 Å². The minimum Gasteiger partial charge on any atom is -0.494 e. The van der Waals surface area contributed by atoms with E-state index in [1.54, 1.807) is 13.3 Å². The minimum atomic E-state index is -0.801. The Morgan fingerprint density at radius 1 is 1.45 bits per heavy atom. The summed E-state index contributed by atoms with van der Waals surface area (Å²) < 4.78 is 5.33. The van der Waals surface area contributed by atoms with Crippen LogP contribution in [0.25, 0.3) is 10.9 Å². The Hall–Kier alpha value is -2.30. The quantitative estimate of drug-likeness (QED) is 0.907. The first-order chi connectivity index (χ1) is 9.54. The van der Waals surface area contributed by atoms with Crippen LogP contribution in [-0.4, -0.2) is 36.8 Å². The number of methoxy groups -OCH3 is 1. The van der Waals surface area contributed by atoms with Gasteiger partial charge in [0.2, 0.25) is 0 Å². The first-order valence-electron chi connectivity index (χ1n) is 6.40. The molecule has 2 rings (SSSR count). The molecule has 1 heterocycles. The van der Waals surface area contributed by atoms with Crippen molar-refractivity contribution in [2.24, 2.45) is 0 Å². The molecule has 0 radical (unpaired) electrons. The zero-order chi connectivity index (χ0) is 14.7. The average molecular weight is 274 g/mol. The van der Waals surface area contributed by atoms with Crippen LogP contribution in [0.3, 0.4) is 0 Å². The van der Waals surface area contributed by atoms with Gasteiger partial charge in [0.05, 0.1) is 19.2 Å². The summed E-state index contributed by atoms with van der Waals surface area (Å²) in [7, 11) is 3.51. The van der Waals surface area contributed by atoms with Gasteiger partial charge < -0.3 is 14.7 Å². The third kappa shape index (κ3) is 2.66. The second-order valence-electron chi connectivity index (χ2n) is 4.71. The highest BCUT2D eigenvalue weighted by atomic mass is 16.5. The van der Waals surface area contributed by atoms with Gasteiger partial charge in [-0.15, -0.1) is 0 Å². The molecule has 0 aliphatic heterocycles. The maximum atomic E-state index is 10.7. The Balaban J connectivity index is 2.51. The molecule has 0 bridgehead atoms. The number of aromatic nitrogens is 1. The van der Waals surface area contributed by atoms with Gasteiger partial charge in [-0.05, 0) is 18.6 Å².